The molecule has 0 fully saturated rings. The summed E-state index contributed by atoms with van der Waals surface area (Å²) in [5, 5.41) is 2.96. The third-order valence-electron chi connectivity index (χ3n) is 1.72. The highest BCUT2D eigenvalue weighted by Crippen LogP contribution is 2.05. The highest BCUT2D eigenvalue weighted by molar-refractivity contribution is 5.93. The summed E-state index contributed by atoms with van der Waals surface area (Å²) in [5.41, 5.74) is 8.87. The summed E-state index contributed by atoms with van der Waals surface area (Å²) in [6.07, 6.45) is 3.28. The van der Waals surface area contributed by atoms with Gasteiger partial charge in [-0.1, -0.05) is 6.07 Å². The van der Waals surface area contributed by atoms with Crippen molar-refractivity contribution in [2.24, 2.45) is 5.11 Å². The lowest BCUT2D eigenvalue weighted by molar-refractivity contribution is 0.0996. The maximum atomic E-state index is 11.1. The van der Waals surface area contributed by atoms with Crippen LogP contribution in [0.1, 0.15) is 10.5 Å². The molecule has 0 radical (unpaired) electrons. The van der Waals surface area contributed by atoms with Crippen LogP contribution in [0.15, 0.2) is 35.7 Å². The van der Waals surface area contributed by atoms with Crippen LogP contribution >= 0.6 is 0 Å². The normalized spacial score (nSPS) is 9.71. The topological polar surface area (TPSA) is 83.1 Å². The number of carbonyl (C=O) groups excluding carboxylic acids is 1. The molecule has 2 rings (SSSR count). The minimum Gasteiger partial charge on any atom is -0.306 e. The van der Waals surface area contributed by atoms with E-state index in [1.807, 2.05) is 12.1 Å². The van der Waals surface area contributed by atoms with E-state index in [1.54, 1.807) is 16.7 Å². The Hall–Kier alpha value is -2.33. The number of pyridine rings is 1. The van der Waals surface area contributed by atoms with Crippen LogP contribution in [0.4, 0.5) is 0 Å². The fourth-order valence-corrected chi connectivity index (χ4v) is 1.13. The van der Waals surface area contributed by atoms with Crippen LogP contribution in [-0.4, -0.2) is 15.3 Å². The zero-order valence-electron chi connectivity index (χ0n) is 7.03. The quantitative estimate of drug-likeness (QED) is 0.387. The molecule has 1 amide bonds. The van der Waals surface area contributed by atoms with Crippen LogP contribution in [0.5, 0.6) is 0 Å². The Balaban J connectivity index is 2.55. The van der Waals surface area contributed by atoms with Crippen molar-refractivity contribution in [2.45, 2.75) is 0 Å². The maximum absolute atomic E-state index is 11.1. The molecule has 68 valence electrons. The van der Waals surface area contributed by atoms with Gasteiger partial charge in [0.2, 0.25) is 0 Å². The lowest BCUT2D eigenvalue weighted by Crippen LogP contribution is -1.92. The van der Waals surface area contributed by atoms with Crippen molar-refractivity contribution in [3.05, 3.63) is 46.7 Å². The summed E-state index contributed by atoms with van der Waals surface area (Å²) >= 11 is 0. The molecule has 0 aliphatic heterocycles. The molecule has 2 aromatic heterocycles. The van der Waals surface area contributed by atoms with Gasteiger partial charge in [0.1, 0.15) is 11.3 Å². The monoisotopic (exact) mass is 187 g/mol. The van der Waals surface area contributed by atoms with Crippen LogP contribution in [0.2, 0.25) is 0 Å². The zero-order chi connectivity index (χ0) is 9.97. The Kier molecular flexibility index (Phi) is 1.89. The van der Waals surface area contributed by atoms with Gasteiger partial charge in [-0.05, 0) is 22.8 Å². The first-order valence-electron chi connectivity index (χ1n) is 3.84. The number of carbonyl (C=O) groups is 1. The van der Waals surface area contributed by atoms with Crippen molar-refractivity contribution in [1.29, 1.82) is 0 Å². The summed E-state index contributed by atoms with van der Waals surface area (Å²) in [6, 6.07) is 5.38. The molecular weight excluding hydrogens is 182 g/mol. The molecule has 2 aromatic rings. The largest absolute Gasteiger partial charge is 0.306 e. The Morgan fingerprint density at radius 1 is 1.57 bits per heavy atom. The summed E-state index contributed by atoms with van der Waals surface area (Å²) in [6.45, 7) is 0. The number of amides is 1. The second-order valence-electron chi connectivity index (χ2n) is 2.59. The molecule has 0 unspecified atom stereocenters. The Labute approximate surface area is 78.4 Å². The van der Waals surface area contributed by atoms with Crippen molar-refractivity contribution in [2.75, 3.05) is 0 Å². The Morgan fingerprint density at radius 3 is 3.14 bits per heavy atom. The number of hydrogen-bond donors (Lipinski definition) is 0. The molecule has 0 spiro atoms. The molecule has 2 heterocycles. The second kappa shape index (κ2) is 3.20. The van der Waals surface area contributed by atoms with Gasteiger partial charge in [-0.25, -0.2) is 4.98 Å². The van der Waals surface area contributed by atoms with Crippen LogP contribution in [0.3, 0.4) is 0 Å². The molecule has 0 atom stereocenters. The SMILES string of the molecule is [N-]=[N+]=NC(=O)c1cn2ccccc2n1. The molecule has 0 saturated carbocycles. The van der Waals surface area contributed by atoms with Crippen LogP contribution in [-0.2, 0) is 0 Å². The first kappa shape index (κ1) is 8.28. The van der Waals surface area contributed by atoms with Crippen molar-refractivity contribution in [1.82, 2.24) is 9.38 Å². The lowest BCUT2D eigenvalue weighted by atomic mass is 10.5. The van der Waals surface area contributed by atoms with E-state index in [2.05, 4.69) is 15.0 Å². The third kappa shape index (κ3) is 1.30. The lowest BCUT2D eigenvalue weighted by Gasteiger charge is -1.86. The predicted octanol–water partition coefficient (Wildman–Crippen LogP) is 1.78. The fourth-order valence-electron chi connectivity index (χ4n) is 1.13. The van der Waals surface area contributed by atoms with Crippen molar-refractivity contribution in [3.8, 4) is 0 Å². The van der Waals surface area contributed by atoms with E-state index in [0.29, 0.717) is 5.65 Å². The van der Waals surface area contributed by atoms with Gasteiger partial charge in [0, 0.05) is 17.3 Å². The molecule has 0 saturated heterocycles. The number of imidazole rings is 1. The Bertz CT molecular complexity index is 504. The van der Waals surface area contributed by atoms with Gasteiger partial charge >= 0.3 is 0 Å². The molecule has 14 heavy (non-hydrogen) atoms. The van der Waals surface area contributed by atoms with Crippen LogP contribution < -0.4 is 0 Å². The first-order valence-corrected chi connectivity index (χ1v) is 3.84. The molecule has 0 N–H and O–H groups in total. The van der Waals surface area contributed by atoms with Gasteiger partial charge in [-0.3, -0.25) is 4.79 Å². The first-order chi connectivity index (χ1) is 6.81. The molecule has 0 aliphatic carbocycles. The zero-order valence-corrected chi connectivity index (χ0v) is 7.03. The van der Waals surface area contributed by atoms with Crippen molar-refractivity contribution < 1.29 is 4.79 Å². The Morgan fingerprint density at radius 2 is 2.43 bits per heavy atom. The van der Waals surface area contributed by atoms with Gasteiger partial charge in [0.05, 0.1) is 0 Å². The highest BCUT2D eigenvalue weighted by atomic mass is 16.1. The summed E-state index contributed by atoms with van der Waals surface area (Å²) in [7, 11) is 0. The van der Waals surface area contributed by atoms with Gasteiger partial charge in [-0.2, -0.15) is 0 Å². The number of hydrogen-bond acceptors (Lipinski definition) is 2. The number of rotatable bonds is 1. The van der Waals surface area contributed by atoms with Gasteiger partial charge < -0.3 is 4.40 Å². The smallest absolute Gasteiger partial charge is 0.269 e. The van der Waals surface area contributed by atoms with E-state index in [-0.39, 0.29) is 5.69 Å². The van der Waals surface area contributed by atoms with E-state index in [1.165, 1.54) is 6.20 Å². The minimum absolute atomic E-state index is 0.147. The average Bonchev–Trinajstić information content (AvgIpc) is 2.61. The molecule has 6 heteroatoms. The molecule has 6 nitrogen and oxygen atoms in total. The summed E-state index contributed by atoms with van der Waals surface area (Å²) < 4.78 is 1.68. The molecular formula is C8H5N5O. The number of aromatic nitrogens is 2. The predicted molar refractivity (Wildman–Crippen MR) is 48.7 cm³/mol. The van der Waals surface area contributed by atoms with E-state index in [4.69, 9.17) is 5.53 Å². The van der Waals surface area contributed by atoms with Gasteiger partial charge in [-0.15, -0.1) is 0 Å². The van der Waals surface area contributed by atoms with Crippen LogP contribution in [0.25, 0.3) is 16.1 Å². The number of nitrogens with zero attached hydrogens (tertiary/aromatic N) is 5. The minimum atomic E-state index is -0.670. The van der Waals surface area contributed by atoms with E-state index >= 15 is 0 Å². The fraction of sp³-hybridized carbons (Fsp3) is 0. The third-order valence-corrected chi connectivity index (χ3v) is 1.72. The maximum Gasteiger partial charge on any atom is 0.269 e. The molecule has 0 aromatic carbocycles. The van der Waals surface area contributed by atoms with E-state index in [0.717, 1.165) is 0 Å². The van der Waals surface area contributed by atoms with Gasteiger partial charge in [0.15, 0.2) is 0 Å². The summed E-state index contributed by atoms with van der Waals surface area (Å²) in [5.74, 6) is -0.670. The van der Waals surface area contributed by atoms with E-state index in [9.17, 15) is 4.79 Å². The number of azide groups is 1. The standard InChI is InChI=1S/C8H5N5O/c9-12-11-8(14)6-5-13-4-2-1-3-7(13)10-6/h1-5H. The van der Waals surface area contributed by atoms with Gasteiger partial charge in [0.25, 0.3) is 5.91 Å². The summed E-state index contributed by atoms with van der Waals surface area (Å²) in [4.78, 5) is 17.5. The van der Waals surface area contributed by atoms with Crippen molar-refractivity contribution >= 4 is 11.6 Å². The second-order valence-corrected chi connectivity index (χ2v) is 2.59. The molecule has 0 aliphatic rings. The number of fused-ring (bicyclic) bond motifs is 1. The average molecular weight is 187 g/mol. The van der Waals surface area contributed by atoms with Crippen LogP contribution in [0, 0.1) is 0 Å². The highest BCUT2D eigenvalue weighted by Gasteiger charge is 2.07. The van der Waals surface area contributed by atoms with Crippen molar-refractivity contribution in [3.63, 3.8) is 0 Å². The van der Waals surface area contributed by atoms with E-state index < -0.39 is 5.91 Å². The molecule has 0 bridgehead atoms.